The Kier molecular flexibility index (Phi) is 4.32. The summed E-state index contributed by atoms with van der Waals surface area (Å²) in [6, 6.07) is 5.59. The van der Waals surface area contributed by atoms with E-state index in [4.69, 9.17) is 23.2 Å². The molecule has 0 saturated heterocycles. The smallest absolute Gasteiger partial charge is 0.153 e. The van der Waals surface area contributed by atoms with Gasteiger partial charge in [0.25, 0.3) is 0 Å². The number of halogens is 2. The van der Waals surface area contributed by atoms with Crippen LogP contribution in [0.25, 0.3) is 11.3 Å². The van der Waals surface area contributed by atoms with Crippen LogP contribution in [0.3, 0.4) is 0 Å². The first kappa shape index (κ1) is 14.6. The van der Waals surface area contributed by atoms with E-state index in [1.807, 2.05) is 10.9 Å². The Morgan fingerprint density at radius 2 is 1.95 bits per heavy atom. The summed E-state index contributed by atoms with van der Waals surface area (Å²) in [5.74, 6) is 0. The number of carbonyl (C=O) groups is 1. The average Bonchev–Trinajstić information content (AvgIpc) is 2.94. The molecule has 0 N–H and O–H groups in total. The van der Waals surface area contributed by atoms with E-state index in [2.05, 4.69) is 5.10 Å². The van der Waals surface area contributed by atoms with E-state index in [0.29, 0.717) is 32.9 Å². The number of benzene rings is 1. The van der Waals surface area contributed by atoms with E-state index in [9.17, 15) is 4.79 Å². The highest BCUT2D eigenvalue weighted by Crippen LogP contribution is 2.34. The minimum atomic E-state index is 0.379. The molecule has 5 heteroatoms. The number of hydrogen-bond donors (Lipinski definition) is 0. The van der Waals surface area contributed by atoms with Crippen molar-refractivity contribution in [1.29, 1.82) is 0 Å². The van der Waals surface area contributed by atoms with Crippen LogP contribution >= 0.6 is 23.2 Å². The van der Waals surface area contributed by atoms with Gasteiger partial charge < -0.3 is 0 Å². The standard InChI is InChI=1S/C16H16Cl2N2O/c17-12-6-7-15(18)14(8-12)16-11(10-21)9-20(19-16)13-4-2-1-3-5-13/h6-10,13H,1-5H2. The van der Waals surface area contributed by atoms with Gasteiger partial charge in [-0.3, -0.25) is 9.48 Å². The highest BCUT2D eigenvalue weighted by molar-refractivity contribution is 6.35. The van der Waals surface area contributed by atoms with Gasteiger partial charge in [-0.2, -0.15) is 5.10 Å². The Labute approximate surface area is 133 Å². The van der Waals surface area contributed by atoms with E-state index in [1.54, 1.807) is 18.2 Å². The van der Waals surface area contributed by atoms with Crippen LogP contribution in [0.2, 0.25) is 10.0 Å². The maximum Gasteiger partial charge on any atom is 0.153 e. The highest BCUT2D eigenvalue weighted by Gasteiger charge is 2.20. The van der Waals surface area contributed by atoms with Gasteiger partial charge in [-0.1, -0.05) is 42.5 Å². The molecule has 3 rings (SSSR count). The minimum Gasteiger partial charge on any atom is -0.298 e. The second-order valence-electron chi connectivity index (χ2n) is 5.45. The van der Waals surface area contributed by atoms with Crippen LogP contribution in [0.15, 0.2) is 24.4 Å². The molecule has 1 fully saturated rings. The summed E-state index contributed by atoms with van der Waals surface area (Å²) in [5.41, 5.74) is 1.88. The first-order valence-electron chi connectivity index (χ1n) is 7.19. The van der Waals surface area contributed by atoms with Crippen LogP contribution < -0.4 is 0 Å². The summed E-state index contributed by atoms with van der Waals surface area (Å²) in [4.78, 5) is 11.4. The second kappa shape index (κ2) is 6.20. The lowest BCUT2D eigenvalue weighted by Crippen LogP contribution is -2.13. The van der Waals surface area contributed by atoms with Gasteiger partial charge in [0.1, 0.15) is 5.69 Å². The SMILES string of the molecule is O=Cc1cn(C2CCCCC2)nc1-c1cc(Cl)ccc1Cl. The van der Waals surface area contributed by atoms with Crippen molar-refractivity contribution in [2.75, 3.05) is 0 Å². The lowest BCUT2D eigenvalue weighted by atomic mass is 9.96. The highest BCUT2D eigenvalue weighted by atomic mass is 35.5. The molecule has 1 aliphatic rings. The molecule has 0 bridgehead atoms. The number of rotatable bonds is 3. The normalized spacial score (nSPS) is 16.1. The molecule has 0 aliphatic heterocycles. The lowest BCUT2D eigenvalue weighted by Gasteiger charge is -2.21. The van der Waals surface area contributed by atoms with Crippen molar-refractivity contribution in [1.82, 2.24) is 9.78 Å². The fourth-order valence-corrected chi connectivity index (χ4v) is 3.29. The first-order chi connectivity index (χ1) is 10.2. The first-order valence-corrected chi connectivity index (χ1v) is 7.94. The van der Waals surface area contributed by atoms with Gasteiger partial charge in [0.05, 0.1) is 16.6 Å². The largest absolute Gasteiger partial charge is 0.298 e. The molecule has 1 aliphatic carbocycles. The molecule has 1 heterocycles. The summed E-state index contributed by atoms with van der Waals surface area (Å²) < 4.78 is 1.93. The number of aromatic nitrogens is 2. The topological polar surface area (TPSA) is 34.9 Å². The summed E-state index contributed by atoms with van der Waals surface area (Å²) in [7, 11) is 0. The van der Waals surface area contributed by atoms with Gasteiger partial charge in [-0.25, -0.2) is 0 Å². The minimum absolute atomic E-state index is 0.379. The fourth-order valence-electron chi connectivity index (χ4n) is 2.91. The molecule has 21 heavy (non-hydrogen) atoms. The number of carbonyl (C=O) groups excluding carboxylic acids is 1. The van der Waals surface area contributed by atoms with Crippen LogP contribution in [0.1, 0.15) is 48.5 Å². The molecule has 0 amide bonds. The van der Waals surface area contributed by atoms with E-state index in [0.717, 1.165) is 19.1 Å². The van der Waals surface area contributed by atoms with Crippen molar-refractivity contribution in [3.63, 3.8) is 0 Å². The summed E-state index contributed by atoms with van der Waals surface area (Å²) in [6.07, 6.45) is 8.60. The van der Waals surface area contributed by atoms with Gasteiger partial charge in [0.2, 0.25) is 0 Å². The Balaban J connectivity index is 2.03. The van der Waals surface area contributed by atoms with Crippen molar-refractivity contribution in [2.24, 2.45) is 0 Å². The van der Waals surface area contributed by atoms with Crippen LogP contribution in [0, 0.1) is 0 Å². The maximum absolute atomic E-state index is 11.4. The summed E-state index contributed by atoms with van der Waals surface area (Å²) >= 11 is 12.3. The molecule has 2 aromatic rings. The molecule has 3 nitrogen and oxygen atoms in total. The van der Waals surface area contributed by atoms with Crippen molar-refractivity contribution < 1.29 is 4.79 Å². The maximum atomic E-state index is 11.4. The Hall–Kier alpha value is -1.32. The molecule has 1 aromatic carbocycles. The molecular weight excluding hydrogens is 307 g/mol. The monoisotopic (exact) mass is 322 g/mol. The average molecular weight is 323 g/mol. The van der Waals surface area contributed by atoms with Crippen molar-refractivity contribution >= 4 is 29.5 Å². The van der Waals surface area contributed by atoms with E-state index < -0.39 is 0 Å². The predicted octanol–water partition coefficient (Wildman–Crippen LogP) is 5.17. The van der Waals surface area contributed by atoms with Crippen LogP contribution in [0.4, 0.5) is 0 Å². The van der Waals surface area contributed by atoms with Crippen molar-refractivity contribution in [3.8, 4) is 11.3 Å². The van der Waals surface area contributed by atoms with Gasteiger partial charge in [0, 0.05) is 16.8 Å². The third-order valence-corrected chi connectivity index (χ3v) is 4.58. The molecular formula is C16H16Cl2N2O. The Morgan fingerprint density at radius 3 is 2.67 bits per heavy atom. The Morgan fingerprint density at radius 1 is 1.19 bits per heavy atom. The number of hydrogen-bond acceptors (Lipinski definition) is 2. The van der Waals surface area contributed by atoms with E-state index in [-0.39, 0.29) is 0 Å². The molecule has 1 saturated carbocycles. The van der Waals surface area contributed by atoms with Crippen LogP contribution in [-0.4, -0.2) is 16.1 Å². The zero-order valence-corrected chi connectivity index (χ0v) is 13.1. The molecule has 0 spiro atoms. The van der Waals surface area contributed by atoms with E-state index in [1.165, 1.54) is 19.3 Å². The van der Waals surface area contributed by atoms with Gasteiger partial charge in [-0.15, -0.1) is 0 Å². The van der Waals surface area contributed by atoms with Crippen LogP contribution in [-0.2, 0) is 0 Å². The molecule has 0 unspecified atom stereocenters. The number of nitrogens with zero attached hydrogens (tertiary/aromatic N) is 2. The number of aldehydes is 1. The van der Waals surface area contributed by atoms with Gasteiger partial charge in [0.15, 0.2) is 6.29 Å². The molecule has 1 aromatic heterocycles. The zero-order chi connectivity index (χ0) is 14.8. The zero-order valence-electron chi connectivity index (χ0n) is 11.6. The quantitative estimate of drug-likeness (QED) is 0.730. The fraction of sp³-hybridized carbons (Fsp3) is 0.375. The molecule has 110 valence electrons. The third-order valence-electron chi connectivity index (χ3n) is 4.02. The summed E-state index contributed by atoms with van der Waals surface area (Å²) in [5, 5.41) is 5.75. The molecule has 0 atom stereocenters. The van der Waals surface area contributed by atoms with Crippen molar-refractivity contribution in [3.05, 3.63) is 40.0 Å². The predicted molar refractivity (Wildman–Crippen MR) is 85.2 cm³/mol. The van der Waals surface area contributed by atoms with Gasteiger partial charge in [-0.05, 0) is 31.0 Å². The van der Waals surface area contributed by atoms with Crippen molar-refractivity contribution in [2.45, 2.75) is 38.1 Å². The van der Waals surface area contributed by atoms with Crippen LogP contribution in [0.5, 0.6) is 0 Å². The lowest BCUT2D eigenvalue weighted by molar-refractivity contribution is 0.112. The third kappa shape index (κ3) is 2.99. The molecule has 0 radical (unpaired) electrons. The second-order valence-corrected chi connectivity index (χ2v) is 6.29. The Bertz CT molecular complexity index is 660. The summed E-state index contributed by atoms with van der Waals surface area (Å²) in [6.45, 7) is 0. The van der Waals surface area contributed by atoms with E-state index >= 15 is 0 Å². The van der Waals surface area contributed by atoms with Gasteiger partial charge >= 0.3 is 0 Å².